The van der Waals surface area contributed by atoms with E-state index in [9.17, 15) is 18.0 Å². The number of hydrogen-bond donors (Lipinski definition) is 2. The normalized spacial score (nSPS) is 11.8. The number of nitrogens with zero attached hydrogens (tertiary/aromatic N) is 3. The summed E-state index contributed by atoms with van der Waals surface area (Å²) in [7, 11) is 0. The maximum Gasteiger partial charge on any atom is 0.416 e. The molecule has 0 bridgehead atoms. The van der Waals surface area contributed by atoms with E-state index in [0.29, 0.717) is 44.1 Å². The Kier molecular flexibility index (Phi) is 7.34. The van der Waals surface area contributed by atoms with Crippen molar-refractivity contribution in [1.82, 2.24) is 19.9 Å². The number of carbonyl (C=O) groups excluding carboxylic acids is 1. The molecule has 3 rings (SSSR count). The zero-order valence-corrected chi connectivity index (χ0v) is 18.0. The first-order valence-corrected chi connectivity index (χ1v) is 10.4. The lowest BCUT2D eigenvalue weighted by Crippen LogP contribution is -2.24. The number of rotatable bonds is 9. The minimum Gasteiger partial charge on any atom is -0.382 e. The number of unbranched alkanes of at least 4 members (excludes halogenated alkanes) is 1. The van der Waals surface area contributed by atoms with Crippen LogP contribution in [0.5, 0.6) is 0 Å². The van der Waals surface area contributed by atoms with Crippen molar-refractivity contribution in [2.75, 3.05) is 18.9 Å². The number of carbonyl (C=O) groups is 1. The van der Waals surface area contributed by atoms with Crippen LogP contribution < -0.4 is 11.1 Å². The molecule has 7 nitrogen and oxygen atoms in total. The number of nitrogens with two attached hydrogens (primary N) is 1. The Labute approximate surface area is 183 Å². The predicted molar refractivity (Wildman–Crippen MR) is 115 cm³/mol. The first kappa shape index (κ1) is 23.5. The van der Waals surface area contributed by atoms with Crippen molar-refractivity contribution in [3.05, 3.63) is 53.0 Å². The van der Waals surface area contributed by atoms with Crippen LogP contribution in [0, 0.1) is 6.92 Å². The van der Waals surface area contributed by atoms with Crippen molar-refractivity contribution < 1.29 is 22.7 Å². The number of alkyl halides is 3. The zero-order valence-electron chi connectivity index (χ0n) is 18.0. The van der Waals surface area contributed by atoms with E-state index in [0.717, 1.165) is 35.6 Å². The largest absolute Gasteiger partial charge is 0.416 e. The molecule has 0 saturated heterocycles. The van der Waals surface area contributed by atoms with Gasteiger partial charge in [-0.1, -0.05) is 0 Å². The molecule has 0 fully saturated rings. The molecule has 1 amide bonds. The number of hydrogen-bond acceptors (Lipinski definition) is 5. The summed E-state index contributed by atoms with van der Waals surface area (Å²) < 4.78 is 45.5. The molecule has 0 aliphatic carbocycles. The Morgan fingerprint density at radius 2 is 1.91 bits per heavy atom. The average Bonchev–Trinajstić information content (AvgIpc) is 3.09. The first-order valence-electron chi connectivity index (χ1n) is 10.4. The molecule has 0 spiro atoms. The summed E-state index contributed by atoms with van der Waals surface area (Å²) in [6.07, 6.45) is -2.99. The van der Waals surface area contributed by atoms with Crippen LogP contribution in [0.15, 0.2) is 30.3 Å². The second-order valence-electron chi connectivity index (χ2n) is 7.37. The fourth-order valence-corrected chi connectivity index (χ4v) is 3.38. The quantitative estimate of drug-likeness (QED) is 0.480. The maximum atomic E-state index is 12.6. The number of pyridine rings is 1. The van der Waals surface area contributed by atoms with Crippen molar-refractivity contribution in [2.45, 2.75) is 46.0 Å². The summed E-state index contributed by atoms with van der Waals surface area (Å²) in [5.74, 6) is 0.730. The molecule has 10 heteroatoms. The average molecular weight is 449 g/mol. The molecular formula is C22H26F3N5O2. The van der Waals surface area contributed by atoms with Gasteiger partial charge >= 0.3 is 6.18 Å². The Balaban J connectivity index is 1.57. The molecule has 0 aliphatic heterocycles. The molecule has 32 heavy (non-hydrogen) atoms. The number of nitrogen functional groups attached to an aromatic ring is 1. The fraction of sp³-hybridized carbons (Fsp3) is 0.409. The highest BCUT2D eigenvalue weighted by atomic mass is 19.4. The van der Waals surface area contributed by atoms with E-state index in [1.807, 2.05) is 24.5 Å². The van der Waals surface area contributed by atoms with E-state index in [4.69, 9.17) is 10.5 Å². The van der Waals surface area contributed by atoms with E-state index in [-0.39, 0.29) is 5.56 Å². The monoisotopic (exact) mass is 449 g/mol. The first-order chi connectivity index (χ1) is 15.2. The Bertz CT molecular complexity index is 1080. The van der Waals surface area contributed by atoms with Gasteiger partial charge in [-0.3, -0.25) is 4.79 Å². The molecule has 0 saturated carbocycles. The Hall–Kier alpha value is -3.14. The van der Waals surface area contributed by atoms with E-state index in [2.05, 4.69) is 15.3 Å². The maximum absolute atomic E-state index is 12.6. The number of nitrogens with one attached hydrogen (secondary N) is 1. The number of fused-ring (bicyclic) bond motifs is 1. The van der Waals surface area contributed by atoms with E-state index in [1.54, 1.807) is 0 Å². The highest BCUT2D eigenvalue weighted by Crippen LogP contribution is 2.29. The van der Waals surface area contributed by atoms with Crippen molar-refractivity contribution in [2.24, 2.45) is 0 Å². The summed E-state index contributed by atoms with van der Waals surface area (Å²) in [5, 5.41) is 2.74. The number of anilines is 1. The van der Waals surface area contributed by atoms with Gasteiger partial charge in [0.15, 0.2) is 5.82 Å². The van der Waals surface area contributed by atoms with Gasteiger partial charge in [0.25, 0.3) is 5.91 Å². The molecule has 2 heterocycles. The summed E-state index contributed by atoms with van der Waals surface area (Å²) in [5.41, 5.74) is 7.76. The number of ether oxygens (including phenoxy) is 1. The van der Waals surface area contributed by atoms with Crippen LogP contribution in [-0.4, -0.2) is 33.6 Å². The third kappa shape index (κ3) is 5.56. The molecule has 0 radical (unpaired) electrons. The van der Waals surface area contributed by atoms with Crippen LogP contribution in [0.2, 0.25) is 0 Å². The van der Waals surface area contributed by atoms with E-state index >= 15 is 0 Å². The van der Waals surface area contributed by atoms with E-state index in [1.165, 1.54) is 12.1 Å². The van der Waals surface area contributed by atoms with E-state index < -0.39 is 17.6 Å². The Morgan fingerprint density at radius 3 is 2.56 bits per heavy atom. The highest BCUT2D eigenvalue weighted by Gasteiger charge is 2.30. The predicted octanol–water partition coefficient (Wildman–Crippen LogP) is 4.09. The lowest BCUT2D eigenvalue weighted by atomic mass is 10.1. The third-order valence-electron chi connectivity index (χ3n) is 4.97. The SMILES string of the molecule is CCOCc1nc2c(N)nc(C)cc2n1CCCCNC(=O)c1ccc(C(F)(F)F)cc1. The minimum atomic E-state index is -4.42. The van der Waals surface area contributed by atoms with Crippen molar-refractivity contribution in [3.63, 3.8) is 0 Å². The van der Waals surface area contributed by atoms with Gasteiger partial charge in [-0.25, -0.2) is 9.97 Å². The number of halogens is 3. The molecular weight excluding hydrogens is 423 g/mol. The lowest BCUT2D eigenvalue weighted by molar-refractivity contribution is -0.137. The molecule has 172 valence electrons. The molecule has 0 aliphatic rings. The molecule has 3 aromatic rings. The molecule has 3 N–H and O–H groups in total. The lowest BCUT2D eigenvalue weighted by Gasteiger charge is -2.11. The van der Waals surface area contributed by atoms with Crippen LogP contribution in [0.1, 0.15) is 47.2 Å². The van der Waals surface area contributed by atoms with Gasteiger partial charge < -0.3 is 20.4 Å². The summed E-state index contributed by atoms with van der Waals surface area (Å²) in [6, 6.07) is 6.09. The van der Waals surface area contributed by atoms with Crippen LogP contribution in [0.4, 0.5) is 19.0 Å². The van der Waals surface area contributed by atoms with Crippen molar-refractivity contribution in [1.29, 1.82) is 0 Å². The van der Waals surface area contributed by atoms with Gasteiger partial charge in [0.1, 0.15) is 17.9 Å². The fourth-order valence-electron chi connectivity index (χ4n) is 3.38. The second kappa shape index (κ2) is 9.99. The van der Waals surface area contributed by atoms with Gasteiger partial charge in [-0.2, -0.15) is 13.2 Å². The third-order valence-corrected chi connectivity index (χ3v) is 4.97. The second-order valence-corrected chi connectivity index (χ2v) is 7.37. The molecule has 0 unspecified atom stereocenters. The summed E-state index contributed by atoms with van der Waals surface area (Å²) in [6.45, 7) is 5.74. The number of amides is 1. The summed E-state index contributed by atoms with van der Waals surface area (Å²) >= 11 is 0. The van der Waals surface area contributed by atoms with Crippen LogP contribution in [-0.2, 0) is 24.1 Å². The zero-order chi connectivity index (χ0) is 23.3. The molecule has 2 aromatic heterocycles. The molecule has 0 atom stereocenters. The smallest absolute Gasteiger partial charge is 0.382 e. The number of aromatic nitrogens is 3. The standard InChI is InChI=1S/C22H26F3N5O2/c1-3-32-13-18-29-19-17(12-14(2)28-20(19)26)30(18)11-5-4-10-27-21(31)15-6-8-16(9-7-15)22(23,24)25/h6-9,12H,3-5,10-11,13H2,1-2H3,(H2,26,28)(H,27,31). The van der Waals surface area contributed by atoms with Gasteiger partial charge in [0.05, 0.1) is 11.1 Å². The van der Waals surface area contributed by atoms with Gasteiger partial charge in [-0.05, 0) is 57.0 Å². The Morgan fingerprint density at radius 1 is 1.19 bits per heavy atom. The van der Waals surface area contributed by atoms with Crippen LogP contribution >= 0.6 is 0 Å². The number of imidazole rings is 1. The molecule has 1 aromatic carbocycles. The highest BCUT2D eigenvalue weighted by molar-refractivity contribution is 5.94. The number of benzene rings is 1. The van der Waals surface area contributed by atoms with Gasteiger partial charge in [0, 0.05) is 31.0 Å². The topological polar surface area (TPSA) is 95.1 Å². The van der Waals surface area contributed by atoms with Gasteiger partial charge in [-0.15, -0.1) is 0 Å². The number of aryl methyl sites for hydroxylation is 2. The minimum absolute atomic E-state index is 0.191. The van der Waals surface area contributed by atoms with Crippen molar-refractivity contribution >= 4 is 22.8 Å². The van der Waals surface area contributed by atoms with Crippen LogP contribution in [0.25, 0.3) is 11.0 Å². The van der Waals surface area contributed by atoms with Crippen molar-refractivity contribution in [3.8, 4) is 0 Å². The van der Waals surface area contributed by atoms with Gasteiger partial charge in [0.2, 0.25) is 0 Å². The summed E-state index contributed by atoms with van der Waals surface area (Å²) in [4.78, 5) is 21.0. The van der Waals surface area contributed by atoms with Crippen LogP contribution in [0.3, 0.4) is 0 Å².